The van der Waals surface area contributed by atoms with Crippen LogP contribution in [0.1, 0.15) is 39.5 Å². The smallest absolute Gasteiger partial charge is 0.205 e. The van der Waals surface area contributed by atoms with Crippen LogP contribution in [0.25, 0.3) is 0 Å². The van der Waals surface area contributed by atoms with Gasteiger partial charge in [-0.1, -0.05) is 13.3 Å². The Kier molecular flexibility index (Phi) is 4.27. The summed E-state index contributed by atoms with van der Waals surface area (Å²) in [4.78, 5) is 6.96. The van der Waals surface area contributed by atoms with Gasteiger partial charge in [0.05, 0.1) is 0 Å². The normalized spacial score (nSPS) is 19.2. The summed E-state index contributed by atoms with van der Waals surface area (Å²) < 4.78 is 2.30. The third-order valence-electron chi connectivity index (χ3n) is 4.20. The van der Waals surface area contributed by atoms with Gasteiger partial charge >= 0.3 is 0 Å². The summed E-state index contributed by atoms with van der Waals surface area (Å²) in [6.45, 7) is 7.83. The molecule has 102 valence electrons. The predicted molar refractivity (Wildman–Crippen MR) is 76.0 cm³/mol. The van der Waals surface area contributed by atoms with E-state index < -0.39 is 0 Å². The molecule has 0 unspecified atom stereocenters. The van der Waals surface area contributed by atoms with Crippen molar-refractivity contribution < 1.29 is 0 Å². The third kappa shape index (κ3) is 2.86. The van der Waals surface area contributed by atoms with E-state index in [0.29, 0.717) is 5.54 Å². The zero-order valence-corrected chi connectivity index (χ0v) is 11.9. The lowest BCUT2D eigenvalue weighted by Gasteiger charge is -2.39. The molecule has 0 radical (unpaired) electrons. The first-order valence-corrected chi connectivity index (χ1v) is 7.13. The molecule has 1 aliphatic rings. The van der Waals surface area contributed by atoms with Gasteiger partial charge in [-0.2, -0.15) is 0 Å². The Hall–Kier alpha value is -1.03. The lowest BCUT2D eigenvalue weighted by Crippen LogP contribution is -2.50. The molecule has 1 aromatic rings. The minimum atomic E-state index is 0.303. The van der Waals surface area contributed by atoms with Gasteiger partial charge in [0.15, 0.2) is 0 Å². The van der Waals surface area contributed by atoms with Crippen molar-refractivity contribution in [3.05, 3.63) is 12.4 Å². The number of hydrogen-bond acceptors (Lipinski definition) is 3. The predicted octanol–water partition coefficient (Wildman–Crippen LogP) is 2.26. The van der Waals surface area contributed by atoms with Crippen LogP contribution in [0.2, 0.25) is 0 Å². The van der Waals surface area contributed by atoms with E-state index in [2.05, 4.69) is 46.9 Å². The molecule has 0 atom stereocenters. The lowest BCUT2D eigenvalue weighted by molar-refractivity contribution is 0.302. The fraction of sp³-hybridized carbons (Fsp3) is 0.786. The number of aromatic nitrogens is 2. The molecule has 0 aromatic carbocycles. The van der Waals surface area contributed by atoms with Crippen LogP contribution in [0.15, 0.2) is 12.4 Å². The molecule has 0 saturated carbocycles. The average molecular weight is 250 g/mol. The highest BCUT2D eigenvalue weighted by molar-refractivity contribution is 5.32. The largest absolute Gasteiger partial charge is 0.342 e. The van der Waals surface area contributed by atoms with E-state index in [1.165, 1.54) is 25.7 Å². The first-order valence-electron chi connectivity index (χ1n) is 7.13. The van der Waals surface area contributed by atoms with E-state index in [-0.39, 0.29) is 0 Å². The molecule has 4 nitrogen and oxygen atoms in total. The summed E-state index contributed by atoms with van der Waals surface area (Å²) in [6.07, 6.45) is 8.86. The summed E-state index contributed by atoms with van der Waals surface area (Å²) >= 11 is 0. The summed E-state index contributed by atoms with van der Waals surface area (Å²) in [7, 11) is 2.07. The number of imidazole rings is 1. The van der Waals surface area contributed by atoms with Gasteiger partial charge in [0.2, 0.25) is 5.95 Å². The molecule has 0 spiro atoms. The molecular formula is C14H26N4. The van der Waals surface area contributed by atoms with Crippen LogP contribution in [0.3, 0.4) is 0 Å². The Morgan fingerprint density at radius 1 is 1.39 bits per heavy atom. The van der Waals surface area contributed by atoms with Gasteiger partial charge in [0.25, 0.3) is 0 Å². The van der Waals surface area contributed by atoms with Crippen molar-refractivity contribution in [1.82, 2.24) is 14.9 Å². The van der Waals surface area contributed by atoms with Crippen molar-refractivity contribution in [2.45, 2.75) is 51.6 Å². The molecule has 1 aliphatic heterocycles. The molecule has 1 aromatic heterocycles. The van der Waals surface area contributed by atoms with Crippen molar-refractivity contribution in [3.8, 4) is 0 Å². The summed E-state index contributed by atoms with van der Waals surface area (Å²) in [5.74, 6) is 1.15. The second-order valence-corrected chi connectivity index (χ2v) is 5.57. The topological polar surface area (TPSA) is 33.1 Å². The van der Waals surface area contributed by atoms with Crippen molar-refractivity contribution in [1.29, 1.82) is 0 Å². The molecule has 1 saturated heterocycles. The van der Waals surface area contributed by atoms with Gasteiger partial charge in [-0.05, 0) is 33.2 Å². The maximum absolute atomic E-state index is 4.53. The number of aryl methyl sites for hydroxylation is 1. The maximum Gasteiger partial charge on any atom is 0.205 e. The van der Waals surface area contributed by atoms with E-state index in [4.69, 9.17) is 0 Å². The first kappa shape index (κ1) is 13.4. The summed E-state index contributed by atoms with van der Waals surface area (Å²) in [6, 6.07) is 0. The van der Waals surface area contributed by atoms with Crippen LogP contribution < -0.4 is 10.2 Å². The van der Waals surface area contributed by atoms with Gasteiger partial charge in [0.1, 0.15) is 0 Å². The van der Waals surface area contributed by atoms with Crippen LogP contribution in [0, 0.1) is 0 Å². The Morgan fingerprint density at radius 3 is 2.72 bits per heavy atom. The number of piperidine rings is 1. The average Bonchev–Trinajstić information content (AvgIpc) is 2.85. The van der Waals surface area contributed by atoms with Gasteiger partial charge in [-0.15, -0.1) is 0 Å². The van der Waals surface area contributed by atoms with E-state index in [1.807, 2.05) is 6.20 Å². The molecule has 2 rings (SSSR count). The van der Waals surface area contributed by atoms with E-state index in [1.54, 1.807) is 0 Å². The van der Waals surface area contributed by atoms with Gasteiger partial charge in [-0.3, -0.25) is 0 Å². The number of rotatable bonds is 5. The highest BCUT2D eigenvalue weighted by Gasteiger charge is 2.29. The quantitative estimate of drug-likeness (QED) is 0.870. The second-order valence-electron chi connectivity index (χ2n) is 5.57. The number of unbranched alkanes of at least 4 members (excludes halogenated alkanes) is 1. The zero-order chi connectivity index (χ0) is 13.0. The molecule has 0 aliphatic carbocycles. The van der Waals surface area contributed by atoms with E-state index >= 15 is 0 Å². The molecular weight excluding hydrogens is 224 g/mol. The number of nitrogens with zero attached hydrogens (tertiary/aromatic N) is 3. The fourth-order valence-electron chi connectivity index (χ4n) is 2.54. The fourth-order valence-corrected chi connectivity index (χ4v) is 2.54. The number of anilines is 1. The van der Waals surface area contributed by atoms with Crippen molar-refractivity contribution >= 4 is 5.95 Å². The van der Waals surface area contributed by atoms with Crippen molar-refractivity contribution in [3.63, 3.8) is 0 Å². The van der Waals surface area contributed by atoms with Crippen molar-refractivity contribution in [2.75, 3.05) is 25.0 Å². The number of hydrogen-bond donors (Lipinski definition) is 1. The highest BCUT2D eigenvalue weighted by atomic mass is 15.3. The molecule has 1 N–H and O–H groups in total. The molecule has 4 heteroatoms. The van der Waals surface area contributed by atoms with E-state index in [0.717, 1.165) is 25.6 Å². The molecule has 18 heavy (non-hydrogen) atoms. The SMILES string of the molecule is CCCCn1ccnc1N1CCC(C)(NC)CC1. The summed E-state index contributed by atoms with van der Waals surface area (Å²) in [5.41, 5.74) is 0.303. The maximum atomic E-state index is 4.53. The van der Waals surface area contributed by atoms with Gasteiger partial charge < -0.3 is 14.8 Å². The Morgan fingerprint density at radius 2 is 2.11 bits per heavy atom. The van der Waals surface area contributed by atoms with Crippen LogP contribution >= 0.6 is 0 Å². The molecule has 1 fully saturated rings. The third-order valence-corrected chi connectivity index (χ3v) is 4.20. The zero-order valence-electron chi connectivity index (χ0n) is 11.9. The Bertz CT molecular complexity index is 364. The second kappa shape index (κ2) is 5.74. The van der Waals surface area contributed by atoms with Gasteiger partial charge in [-0.25, -0.2) is 4.98 Å². The molecule has 2 heterocycles. The minimum absolute atomic E-state index is 0.303. The Labute approximate surface area is 110 Å². The van der Waals surface area contributed by atoms with Crippen LogP contribution in [-0.2, 0) is 6.54 Å². The monoisotopic (exact) mass is 250 g/mol. The first-order chi connectivity index (χ1) is 8.68. The minimum Gasteiger partial charge on any atom is -0.342 e. The highest BCUT2D eigenvalue weighted by Crippen LogP contribution is 2.24. The van der Waals surface area contributed by atoms with Crippen molar-refractivity contribution in [2.24, 2.45) is 0 Å². The van der Waals surface area contributed by atoms with Crippen LogP contribution in [0.4, 0.5) is 5.95 Å². The summed E-state index contributed by atoms with van der Waals surface area (Å²) in [5, 5.41) is 3.44. The van der Waals surface area contributed by atoms with Gasteiger partial charge in [0, 0.05) is 37.6 Å². The van der Waals surface area contributed by atoms with E-state index in [9.17, 15) is 0 Å². The lowest BCUT2D eigenvalue weighted by atomic mass is 9.90. The molecule has 0 amide bonds. The van der Waals surface area contributed by atoms with Crippen LogP contribution in [0.5, 0.6) is 0 Å². The Balaban J connectivity index is 1.99. The molecule has 0 bridgehead atoms. The van der Waals surface area contributed by atoms with Crippen LogP contribution in [-0.4, -0.2) is 35.2 Å². The number of nitrogens with one attached hydrogen (secondary N) is 1. The standard InChI is InChI=1S/C14H26N4/c1-4-5-9-17-12-8-16-13(17)18-10-6-14(2,15-3)7-11-18/h8,12,15H,4-7,9-11H2,1-3H3.